The summed E-state index contributed by atoms with van der Waals surface area (Å²) in [6, 6.07) is 5.10. The van der Waals surface area contributed by atoms with Crippen LogP contribution in [0.1, 0.15) is 80.9 Å². The summed E-state index contributed by atoms with van der Waals surface area (Å²) >= 11 is 6.65. The minimum Gasteiger partial charge on any atom is -0.542 e. The molecule has 1 aliphatic rings. The minimum atomic E-state index is -2.41. The fourth-order valence-electron chi connectivity index (χ4n) is 5.82. The van der Waals surface area contributed by atoms with Gasteiger partial charge in [-0.05, 0) is 34.3 Å². The molecule has 5 atom stereocenters. The second kappa shape index (κ2) is 14.5. The van der Waals surface area contributed by atoms with Gasteiger partial charge in [0, 0.05) is 27.7 Å². The highest BCUT2D eigenvalue weighted by atomic mass is 35.5. The number of rotatable bonds is 11. The summed E-state index contributed by atoms with van der Waals surface area (Å²) in [5.74, 6) is -2.18. The molecule has 41 heavy (non-hydrogen) atoms. The first kappa shape index (κ1) is 34.6. The van der Waals surface area contributed by atoms with E-state index in [2.05, 4.69) is 41.5 Å². The van der Waals surface area contributed by atoms with E-state index in [4.69, 9.17) is 39.7 Å². The lowest BCUT2D eigenvalue weighted by molar-refractivity contribution is -0.254. The van der Waals surface area contributed by atoms with Crippen LogP contribution in [0.4, 0.5) is 0 Å². The van der Waals surface area contributed by atoms with Crippen LogP contribution in [0.2, 0.25) is 21.6 Å². The van der Waals surface area contributed by atoms with Crippen molar-refractivity contribution < 1.29 is 47.3 Å². The van der Waals surface area contributed by atoms with Crippen molar-refractivity contribution in [2.45, 2.75) is 116 Å². The third-order valence-electron chi connectivity index (χ3n) is 7.27. The van der Waals surface area contributed by atoms with E-state index >= 15 is 0 Å². The Bertz CT molecular complexity index is 1080. The SMILES string of the molecule is CC(=O)OCC1OC(c2ccc(Cl)c(O[Si](C(C)C)(C(C)C)C(C)C)c2)[C@H](OC(C)=O)[C@@H](OC(C)=O)[C@@H]1OC(C)=O. The topological polar surface area (TPSA) is 124 Å². The Labute approximate surface area is 248 Å². The number of carbonyl (C=O) groups excluding carboxylic acids is 4. The van der Waals surface area contributed by atoms with Gasteiger partial charge in [0.15, 0.2) is 18.3 Å². The highest BCUT2D eigenvalue weighted by Crippen LogP contribution is 2.46. The predicted molar refractivity (Wildman–Crippen MR) is 154 cm³/mol. The first-order valence-electron chi connectivity index (χ1n) is 13.8. The monoisotopic (exact) mass is 614 g/mol. The minimum absolute atomic E-state index is 0.271. The molecule has 1 aliphatic heterocycles. The molecule has 0 aromatic heterocycles. The van der Waals surface area contributed by atoms with E-state index in [1.807, 2.05) is 0 Å². The van der Waals surface area contributed by atoms with Gasteiger partial charge in [0.05, 0.1) is 5.02 Å². The highest BCUT2D eigenvalue weighted by molar-refractivity contribution is 6.78. The van der Waals surface area contributed by atoms with Crippen molar-refractivity contribution in [1.82, 2.24) is 0 Å². The third-order valence-corrected chi connectivity index (χ3v) is 13.6. The van der Waals surface area contributed by atoms with E-state index in [9.17, 15) is 19.2 Å². The summed E-state index contributed by atoms with van der Waals surface area (Å²) in [4.78, 5) is 48.1. The zero-order valence-electron chi connectivity index (χ0n) is 25.5. The van der Waals surface area contributed by atoms with Gasteiger partial charge in [-0.15, -0.1) is 0 Å². The number of benzene rings is 1. The number of hydrogen-bond donors (Lipinski definition) is 0. The van der Waals surface area contributed by atoms with Gasteiger partial charge in [-0.3, -0.25) is 19.2 Å². The van der Waals surface area contributed by atoms with Gasteiger partial charge >= 0.3 is 23.9 Å². The molecule has 0 amide bonds. The molecule has 1 heterocycles. The average molecular weight is 615 g/mol. The second-order valence-electron chi connectivity index (χ2n) is 11.2. The molecule has 1 saturated heterocycles. The molecule has 2 unspecified atom stereocenters. The molecule has 0 radical (unpaired) electrons. The molecular weight excluding hydrogens is 572 g/mol. The van der Waals surface area contributed by atoms with Crippen LogP contribution < -0.4 is 4.43 Å². The summed E-state index contributed by atoms with van der Waals surface area (Å²) < 4.78 is 35.0. The quantitative estimate of drug-likeness (QED) is 0.174. The Balaban J connectivity index is 2.70. The summed E-state index contributed by atoms with van der Waals surface area (Å²) in [5.41, 5.74) is 1.33. The van der Waals surface area contributed by atoms with Crippen molar-refractivity contribution in [3.05, 3.63) is 28.8 Å². The molecule has 0 bridgehead atoms. The molecule has 1 aromatic rings. The fraction of sp³-hybridized carbons (Fsp3) is 0.655. The molecule has 12 heteroatoms. The second-order valence-corrected chi connectivity index (χ2v) is 17.0. The van der Waals surface area contributed by atoms with Crippen LogP contribution >= 0.6 is 11.6 Å². The van der Waals surface area contributed by atoms with E-state index in [1.54, 1.807) is 18.2 Å². The van der Waals surface area contributed by atoms with Crippen LogP contribution in [0.5, 0.6) is 5.75 Å². The first-order valence-corrected chi connectivity index (χ1v) is 16.3. The maximum Gasteiger partial charge on any atom is 0.303 e. The standard InChI is InChI=1S/C29H43ClO10Si/c1-15(2)41(16(3)4,17(5)6)40-24-13-22(11-12-23(24)30)26-28(37-20(9)33)29(38-21(10)34)27(36-19(8)32)25(39-26)14-35-18(7)31/h11-13,15-17,25-29H,14H2,1-10H3/t25?,26?,27-,28+,29+/m1/s1. The van der Waals surface area contributed by atoms with Gasteiger partial charge < -0.3 is 28.1 Å². The molecule has 0 spiro atoms. The van der Waals surface area contributed by atoms with Gasteiger partial charge in [-0.1, -0.05) is 59.2 Å². The Hall–Kier alpha value is -2.63. The third kappa shape index (κ3) is 8.45. The molecule has 0 aliphatic carbocycles. The average Bonchev–Trinajstić information content (AvgIpc) is 2.83. The zero-order valence-corrected chi connectivity index (χ0v) is 27.3. The van der Waals surface area contributed by atoms with Gasteiger partial charge in [-0.25, -0.2) is 0 Å². The van der Waals surface area contributed by atoms with Crippen LogP contribution in [-0.2, 0) is 42.9 Å². The Morgan fingerprint density at radius 2 is 1.27 bits per heavy atom. The normalized spacial score (nSPS) is 22.8. The number of halogens is 1. The van der Waals surface area contributed by atoms with E-state index in [1.165, 1.54) is 27.7 Å². The molecule has 10 nitrogen and oxygen atoms in total. The van der Waals surface area contributed by atoms with Crippen LogP contribution in [-0.4, -0.2) is 63.2 Å². The van der Waals surface area contributed by atoms with Crippen molar-refractivity contribution in [2.24, 2.45) is 0 Å². The Morgan fingerprint density at radius 3 is 1.73 bits per heavy atom. The lowest BCUT2D eigenvalue weighted by Crippen LogP contribution is -2.59. The van der Waals surface area contributed by atoms with E-state index < -0.39 is 62.7 Å². The molecular formula is C29H43ClO10Si. The number of esters is 4. The first-order chi connectivity index (χ1) is 19.0. The summed E-state index contributed by atoms with van der Waals surface area (Å²) in [6.07, 6.45) is -5.80. The van der Waals surface area contributed by atoms with E-state index in [0.717, 1.165) is 0 Å². The highest BCUT2D eigenvalue weighted by Gasteiger charge is 2.53. The predicted octanol–water partition coefficient (Wildman–Crippen LogP) is 5.69. The number of carbonyl (C=O) groups is 4. The summed E-state index contributed by atoms with van der Waals surface area (Å²) in [6.45, 7) is 17.4. The van der Waals surface area contributed by atoms with Crippen molar-refractivity contribution in [3.8, 4) is 5.75 Å². The molecule has 0 saturated carbocycles. The fourth-order valence-corrected chi connectivity index (χ4v) is 11.3. The van der Waals surface area contributed by atoms with Crippen LogP contribution in [0, 0.1) is 0 Å². The molecule has 1 fully saturated rings. The van der Waals surface area contributed by atoms with E-state index in [0.29, 0.717) is 16.3 Å². The summed E-state index contributed by atoms with van der Waals surface area (Å²) in [5, 5.41) is 0.401. The van der Waals surface area contributed by atoms with Crippen LogP contribution in [0.3, 0.4) is 0 Å². The van der Waals surface area contributed by atoms with Crippen LogP contribution in [0.15, 0.2) is 18.2 Å². The van der Waals surface area contributed by atoms with Gasteiger partial charge in [0.1, 0.15) is 24.6 Å². The van der Waals surface area contributed by atoms with Crippen molar-refractivity contribution in [3.63, 3.8) is 0 Å². The van der Waals surface area contributed by atoms with Gasteiger partial charge in [-0.2, -0.15) is 0 Å². The van der Waals surface area contributed by atoms with Crippen molar-refractivity contribution in [2.75, 3.05) is 6.61 Å². The van der Waals surface area contributed by atoms with Crippen LogP contribution in [0.25, 0.3) is 0 Å². The molecule has 1 aromatic carbocycles. The number of hydrogen-bond acceptors (Lipinski definition) is 10. The Morgan fingerprint density at radius 1 is 0.780 bits per heavy atom. The maximum absolute atomic E-state index is 12.2. The zero-order chi connectivity index (χ0) is 31.2. The lowest BCUT2D eigenvalue weighted by atomic mass is 9.90. The van der Waals surface area contributed by atoms with Gasteiger partial charge in [0.25, 0.3) is 8.32 Å². The van der Waals surface area contributed by atoms with Crippen molar-refractivity contribution in [1.29, 1.82) is 0 Å². The molecule has 2 rings (SSSR count). The Kier molecular flexibility index (Phi) is 12.2. The number of ether oxygens (including phenoxy) is 5. The smallest absolute Gasteiger partial charge is 0.303 e. The summed E-state index contributed by atoms with van der Waals surface area (Å²) in [7, 11) is -2.41. The molecule has 230 valence electrons. The largest absolute Gasteiger partial charge is 0.542 e. The maximum atomic E-state index is 12.2. The lowest BCUT2D eigenvalue weighted by Gasteiger charge is -2.45. The molecule has 0 N–H and O–H groups in total. The van der Waals surface area contributed by atoms with Gasteiger partial charge in [0.2, 0.25) is 0 Å². The van der Waals surface area contributed by atoms with Crippen molar-refractivity contribution >= 4 is 43.8 Å². The van der Waals surface area contributed by atoms with E-state index in [-0.39, 0.29) is 23.2 Å².